The van der Waals surface area contributed by atoms with E-state index in [0.717, 1.165) is 18.2 Å². The Balaban J connectivity index is 2.41. The first-order valence-electron chi connectivity index (χ1n) is 5.33. The van der Waals surface area contributed by atoms with E-state index in [1.54, 1.807) is 0 Å². The van der Waals surface area contributed by atoms with Crippen LogP contribution in [0.1, 0.15) is 0 Å². The molecule has 0 aliphatic carbocycles. The number of azo groups is 1. The van der Waals surface area contributed by atoms with Crippen LogP contribution in [0.25, 0.3) is 0 Å². The summed E-state index contributed by atoms with van der Waals surface area (Å²) in [4.78, 5) is 25.8. The van der Waals surface area contributed by atoms with Gasteiger partial charge in [-0.3, -0.25) is 19.9 Å². The molecule has 0 bridgehead atoms. The molecule has 10 nitrogen and oxygen atoms in total. The van der Waals surface area contributed by atoms with E-state index >= 15 is 0 Å². The van der Waals surface area contributed by atoms with Crippen LogP contribution in [0.15, 0.2) is 33.2 Å². The average molecular weight is 309 g/mol. The third-order valence-corrected chi connectivity index (χ3v) is 2.53. The minimum absolute atomic E-state index is 0.0883. The predicted octanol–water partition coefficient (Wildman–Crippen LogP) is 2.17. The van der Waals surface area contributed by atoms with Gasteiger partial charge in [-0.05, 0) is 18.3 Å². The molecule has 108 valence electrons. The van der Waals surface area contributed by atoms with Crippen molar-refractivity contribution < 1.29 is 15.1 Å². The number of phenols is 1. The zero-order chi connectivity index (χ0) is 15.6. The van der Waals surface area contributed by atoms with Gasteiger partial charge >= 0.3 is 0 Å². The maximum absolute atomic E-state index is 11.5. The van der Waals surface area contributed by atoms with E-state index in [0.29, 0.717) is 0 Å². The maximum atomic E-state index is 11.5. The number of non-ortho nitro benzene ring substituents is 1. The lowest BCUT2D eigenvalue weighted by molar-refractivity contribution is -0.384. The smallest absolute Gasteiger partial charge is 0.283 e. The topological polar surface area (TPSA) is 157 Å². The number of aromatic amines is 2. The van der Waals surface area contributed by atoms with E-state index in [-0.39, 0.29) is 16.1 Å². The highest BCUT2D eigenvalue weighted by Gasteiger charge is 2.11. The Bertz CT molecular complexity index is 856. The zero-order valence-corrected chi connectivity index (χ0v) is 10.9. The Morgan fingerprint density at radius 1 is 1.24 bits per heavy atom. The molecule has 4 N–H and O–H groups in total. The number of hydrogen-bond acceptors (Lipinski definition) is 8. The van der Waals surface area contributed by atoms with Crippen LogP contribution in [0.3, 0.4) is 0 Å². The van der Waals surface area contributed by atoms with Gasteiger partial charge in [0, 0.05) is 6.07 Å². The fraction of sp³-hybridized carbons (Fsp3) is 0. The lowest BCUT2D eigenvalue weighted by Gasteiger charge is -1.98. The van der Waals surface area contributed by atoms with Gasteiger partial charge < -0.3 is 15.2 Å². The second-order valence-electron chi connectivity index (χ2n) is 3.74. The third-order valence-electron chi connectivity index (χ3n) is 2.33. The Morgan fingerprint density at radius 2 is 1.95 bits per heavy atom. The molecule has 1 aromatic carbocycles. The number of nitrogens with zero attached hydrogens (tertiary/aromatic N) is 3. The number of benzene rings is 1. The van der Waals surface area contributed by atoms with Gasteiger partial charge in [-0.15, -0.1) is 10.2 Å². The van der Waals surface area contributed by atoms with Gasteiger partial charge in [0.2, 0.25) is 11.6 Å². The molecule has 0 aliphatic rings. The number of H-pyrrole nitrogens is 2. The summed E-state index contributed by atoms with van der Waals surface area (Å²) in [6.45, 7) is 0. The second-order valence-corrected chi connectivity index (χ2v) is 4.14. The molecule has 11 heteroatoms. The number of phenolic OH excluding ortho intramolecular Hbond substituents is 1. The minimum Gasteiger partial charge on any atom is -0.505 e. The number of nitrogens with one attached hydrogen (secondary N) is 2. The highest BCUT2D eigenvalue weighted by Crippen LogP contribution is 2.31. The Hall–Kier alpha value is -3.08. The van der Waals surface area contributed by atoms with Gasteiger partial charge in [0.15, 0.2) is 4.77 Å². The molecule has 0 amide bonds. The molecule has 1 aromatic heterocycles. The van der Waals surface area contributed by atoms with Gasteiger partial charge in [0.05, 0.1) is 11.0 Å². The highest BCUT2D eigenvalue weighted by molar-refractivity contribution is 7.71. The van der Waals surface area contributed by atoms with Gasteiger partial charge in [0.25, 0.3) is 11.2 Å². The molecule has 0 saturated carbocycles. The SMILES string of the molecule is O=c1[nH]c(=S)[nH]c(O)c1N=Nc1ccc([N+](=O)[O-])cc1O. The molecule has 0 radical (unpaired) electrons. The first-order valence-corrected chi connectivity index (χ1v) is 5.74. The van der Waals surface area contributed by atoms with Crippen LogP contribution in [-0.2, 0) is 0 Å². The van der Waals surface area contributed by atoms with E-state index in [4.69, 9.17) is 0 Å². The standard InChI is InChI=1S/C10H7N5O5S/c16-6-3-4(15(19)20)1-2-5(6)13-14-7-8(17)11-10(21)12-9(7)18/h1-3,16H,(H3,11,12,17,18,21). The van der Waals surface area contributed by atoms with Crippen molar-refractivity contribution in [2.75, 3.05) is 0 Å². The first kappa shape index (κ1) is 14.3. The molecule has 1 heterocycles. The molecular formula is C10H7N5O5S. The Morgan fingerprint density at radius 3 is 2.52 bits per heavy atom. The van der Waals surface area contributed by atoms with Crippen molar-refractivity contribution in [3.8, 4) is 11.6 Å². The van der Waals surface area contributed by atoms with E-state index in [1.807, 2.05) is 0 Å². The number of nitro benzene ring substituents is 1. The number of rotatable bonds is 3. The van der Waals surface area contributed by atoms with Gasteiger partial charge in [-0.2, -0.15) is 0 Å². The van der Waals surface area contributed by atoms with Crippen LogP contribution in [0.4, 0.5) is 17.1 Å². The fourth-order valence-corrected chi connectivity index (χ4v) is 1.56. The summed E-state index contributed by atoms with van der Waals surface area (Å²) < 4.78 is -0.0883. The van der Waals surface area contributed by atoms with Crippen LogP contribution < -0.4 is 5.56 Å². The van der Waals surface area contributed by atoms with Crippen molar-refractivity contribution in [2.45, 2.75) is 0 Å². The maximum Gasteiger partial charge on any atom is 0.283 e. The normalized spacial score (nSPS) is 10.9. The summed E-state index contributed by atoms with van der Waals surface area (Å²) in [5.41, 5.74) is -1.65. The summed E-state index contributed by atoms with van der Waals surface area (Å²) >= 11 is 4.64. The van der Waals surface area contributed by atoms with Gasteiger partial charge in [-0.25, -0.2) is 0 Å². The Kier molecular flexibility index (Phi) is 3.75. The Labute approximate surface area is 120 Å². The second kappa shape index (κ2) is 5.50. The number of nitro groups is 1. The monoisotopic (exact) mass is 309 g/mol. The molecular weight excluding hydrogens is 302 g/mol. The van der Waals surface area contributed by atoms with Crippen molar-refractivity contribution >= 4 is 29.3 Å². The first-order chi connectivity index (χ1) is 9.88. The van der Waals surface area contributed by atoms with Crippen molar-refractivity contribution in [3.63, 3.8) is 0 Å². The molecule has 0 unspecified atom stereocenters. The minimum atomic E-state index is -0.776. The van der Waals surface area contributed by atoms with E-state index in [9.17, 15) is 25.1 Å². The molecule has 2 rings (SSSR count). The fourth-order valence-electron chi connectivity index (χ4n) is 1.37. The van der Waals surface area contributed by atoms with Crippen molar-refractivity contribution in [3.05, 3.63) is 43.4 Å². The van der Waals surface area contributed by atoms with Crippen LogP contribution in [0.5, 0.6) is 11.6 Å². The van der Waals surface area contributed by atoms with Gasteiger partial charge in [-0.1, -0.05) is 0 Å². The highest BCUT2D eigenvalue weighted by atomic mass is 32.1. The summed E-state index contributed by atoms with van der Waals surface area (Å²) in [6, 6.07) is 3.14. The van der Waals surface area contributed by atoms with Crippen LogP contribution in [0, 0.1) is 14.9 Å². The quantitative estimate of drug-likeness (QED) is 0.294. The van der Waals surface area contributed by atoms with Crippen molar-refractivity contribution in [1.82, 2.24) is 9.97 Å². The van der Waals surface area contributed by atoms with Crippen LogP contribution >= 0.6 is 12.2 Å². The number of hydrogen-bond donors (Lipinski definition) is 4. The summed E-state index contributed by atoms with van der Waals surface area (Å²) in [5.74, 6) is -1.08. The number of aromatic nitrogens is 2. The molecule has 21 heavy (non-hydrogen) atoms. The molecule has 0 fully saturated rings. The summed E-state index contributed by atoms with van der Waals surface area (Å²) in [7, 11) is 0. The molecule has 0 atom stereocenters. The average Bonchev–Trinajstić information content (AvgIpc) is 2.38. The van der Waals surface area contributed by atoms with E-state index in [2.05, 4.69) is 32.4 Å². The summed E-state index contributed by atoms with van der Waals surface area (Å²) in [5, 5.41) is 36.6. The predicted molar refractivity (Wildman–Crippen MR) is 72.8 cm³/mol. The van der Waals surface area contributed by atoms with E-state index in [1.165, 1.54) is 0 Å². The molecule has 0 spiro atoms. The largest absolute Gasteiger partial charge is 0.505 e. The molecule has 2 aromatic rings. The zero-order valence-electron chi connectivity index (χ0n) is 10.1. The van der Waals surface area contributed by atoms with Crippen molar-refractivity contribution in [1.29, 1.82) is 0 Å². The van der Waals surface area contributed by atoms with Gasteiger partial charge in [0.1, 0.15) is 11.4 Å². The lowest BCUT2D eigenvalue weighted by atomic mass is 10.2. The van der Waals surface area contributed by atoms with Crippen LogP contribution in [-0.4, -0.2) is 25.1 Å². The molecule has 0 aliphatic heterocycles. The molecule has 0 saturated heterocycles. The summed E-state index contributed by atoms with van der Waals surface area (Å²) in [6.07, 6.45) is 0. The third kappa shape index (κ3) is 3.09. The number of aromatic hydroxyl groups is 2. The van der Waals surface area contributed by atoms with Crippen LogP contribution in [0.2, 0.25) is 0 Å². The lowest BCUT2D eigenvalue weighted by Crippen LogP contribution is -2.06. The van der Waals surface area contributed by atoms with Crippen molar-refractivity contribution in [2.24, 2.45) is 10.2 Å². The van der Waals surface area contributed by atoms with E-state index < -0.39 is 27.8 Å².